The van der Waals surface area contributed by atoms with Gasteiger partial charge in [-0.3, -0.25) is 9.59 Å². The number of furan rings is 1. The van der Waals surface area contributed by atoms with Gasteiger partial charge in [0.05, 0.1) is 11.2 Å². The minimum absolute atomic E-state index is 0.109. The predicted molar refractivity (Wildman–Crippen MR) is 123 cm³/mol. The molecule has 0 unspecified atom stereocenters. The second-order valence-electron chi connectivity index (χ2n) is 7.82. The van der Waals surface area contributed by atoms with Crippen molar-refractivity contribution >= 4 is 27.5 Å². The smallest absolute Gasteiger partial charge is 0.287 e. The van der Waals surface area contributed by atoms with Crippen LogP contribution in [0.15, 0.2) is 82.3 Å². The van der Waals surface area contributed by atoms with Gasteiger partial charge in [0, 0.05) is 25.2 Å². The third-order valence-corrected chi connectivity index (χ3v) is 7.39. The van der Waals surface area contributed by atoms with E-state index >= 15 is 0 Å². The van der Waals surface area contributed by atoms with Gasteiger partial charge < -0.3 is 15.1 Å². The summed E-state index contributed by atoms with van der Waals surface area (Å²) in [6, 6.07) is 17.7. The van der Waals surface area contributed by atoms with Crippen molar-refractivity contribution in [3.05, 3.63) is 84.3 Å². The van der Waals surface area contributed by atoms with Crippen LogP contribution in [0, 0.1) is 0 Å². The van der Waals surface area contributed by atoms with Crippen LogP contribution in [0.1, 0.15) is 29.0 Å². The molecule has 2 N–H and O–H groups in total. The van der Waals surface area contributed by atoms with Gasteiger partial charge in [0.25, 0.3) is 5.91 Å². The van der Waals surface area contributed by atoms with Crippen LogP contribution in [0.5, 0.6) is 0 Å². The van der Waals surface area contributed by atoms with Crippen molar-refractivity contribution in [2.45, 2.75) is 30.2 Å². The molecule has 1 aromatic heterocycles. The summed E-state index contributed by atoms with van der Waals surface area (Å²) in [5, 5.41) is 5.48. The molecule has 0 aliphatic carbocycles. The quantitative estimate of drug-likeness (QED) is 0.529. The molecular formula is C24H25N3O5S. The molecule has 1 aliphatic rings. The van der Waals surface area contributed by atoms with Gasteiger partial charge in [-0.05, 0) is 54.8 Å². The van der Waals surface area contributed by atoms with Gasteiger partial charge >= 0.3 is 0 Å². The summed E-state index contributed by atoms with van der Waals surface area (Å²) in [6.45, 7) is 1.05. The molecule has 172 valence electrons. The predicted octanol–water partition coefficient (Wildman–Crippen LogP) is 3.04. The lowest BCUT2D eigenvalue weighted by molar-refractivity contribution is -0.118. The Bertz CT molecular complexity index is 1190. The SMILES string of the molecule is O=C(N[C@H](Cc1ccccc1)C(=O)Nc1ccc(S(=O)(=O)N2CCCC2)cc1)c1ccco1. The van der Waals surface area contributed by atoms with Crippen molar-refractivity contribution in [1.29, 1.82) is 0 Å². The highest BCUT2D eigenvalue weighted by molar-refractivity contribution is 7.89. The third-order valence-electron chi connectivity index (χ3n) is 5.47. The molecule has 33 heavy (non-hydrogen) atoms. The van der Waals surface area contributed by atoms with Crippen LogP contribution in [0.25, 0.3) is 0 Å². The van der Waals surface area contributed by atoms with E-state index in [1.165, 1.54) is 28.8 Å². The van der Waals surface area contributed by atoms with E-state index in [4.69, 9.17) is 4.42 Å². The summed E-state index contributed by atoms with van der Waals surface area (Å²) >= 11 is 0. The van der Waals surface area contributed by atoms with E-state index in [2.05, 4.69) is 10.6 Å². The summed E-state index contributed by atoms with van der Waals surface area (Å²) < 4.78 is 32.0. The number of hydrogen-bond acceptors (Lipinski definition) is 5. The summed E-state index contributed by atoms with van der Waals surface area (Å²) in [7, 11) is -3.53. The first-order valence-corrected chi connectivity index (χ1v) is 12.2. The van der Waals surface area contributed by atoms with E-state index in [1.54, 1.807) is 18.2 Å². The lowest BCUT2D eigenvalue weighted by Crippen LogP contribution is -2.45. The lowest BCUT2D eigenvalue weighted by atomic mass is 10.0. The molecule has 1 aliphatic heterocycles. The first-order valence-electron chi connectivity index (χ1n) is 10.7. The average Bonchev–Trinajstić information content (AvgIpc) is 3.54. The molecule has 9 heteroatoms. The van der Waals surface area contributed by atoms with E-state index in [-0.39, 0.29) is 17.1 Å². The number of carbonyl (C=O) groups is 2. The summed E-state index contributed by atoms with van der Waals surface area (Å²) in [4.78, 5) is 25.7. The molecule has 2 aromatic carbocycles. The van der Waals surface area contributed by atoms with Crippen molar-refractivity contribution in [3.8, 4) is 0 Å². The van der Waals surface area contributed by atoms with E-state index in [1.807, 2.05) is 30.3 Å². The number of hydrogen-bond donors (Lipinski definition) is 2. The lowest BCUT2D eigenvalue weighted by Gasteiger charge is -2.19. The number of nitrogens with zero attached hydrogens (tertiary/aromatic N) is 1. The molecular weight excluding hydrogens is 442 g/mol. The number of anilines is 1. The summed E-state index contributed by atoms with van der Waals surface area (Å²) in [6.07, 6.45) is 3.39. The fourth-order valence-corrected chi connectivity index (χ4v) is 5.23. The molecule has 1 atom stereocenters. The fourth-order valence-electron chi connectivity index (χ4n) is 3.71. The number of carbonyl (C=O) groups excluding carboxylic acids is 2. The Kier molecular flexibility index (Phi) is 6.90. The van der Waals surface area contributed by atoms with Gasteiger partial charge in [-0.15, -0.1) is 0 Å². The Hall–Kier alpha value is -3.43. The van der Waals surface area contributed by atoms with Gasteiger partial charge in [-0.25, -0.2) is 8.42 Å². The fraction of sp³-hybridized carbons (Fsp3) is 0.250. The van der Waals surface area contributed by atoms with Crippen LogP contribution in [0.2, 0.25) is 0 Å². The molecule has 2 heterocycles. The zero-order valence-corrected chi connectivity index (χ0v) is 18.8. The van der Waals surface area contributed by atoms with Crippen molar-refractivity contribution in [2.75, 3.05) is 18.4 Å². The number of nitrogens with one attached hydrogen (secondary N) is 2. The highest BCUT2D eigenvalue weighted by Gasteiger charge is 2.27. The topological polar surface area (TPSA) is 109 Å². The maximum atomic E-state index is 13.0. The standard InChI is InChI=1S/C24H25N3O5S/c28-23(25-19-10-12-20(13-11-19)33(30,31)27-14-4-5-15-27)21(17-18-7-2-1-3-8-18)26-24(29)22-9-6-16-32-22/h1-3,6-13,16,21H,4-5,14-15,17H2,(H,25,28)(H,26,29)/t21-/m1/s1. The average molecular weight is 468 g/mol. The first kappa shape index (κ1) is 22.8. The number of amides is 2. The maximum absolute atomic E-state index is 13.0. The Labute approximate surface area is 192 Å². The monoisotopic (exact) mass is 467 g/mol. The minimum Gasteiger partial charge on any atom is -0.459 e. The normalized spacial score (nSPS) is 15.2. The van der Waals surface area contributed by atoms with E-state index in [9.17, 15) is 18.0 Å². The Morgan fingerprint density at radius 2 is 1.64 bits per heavy atom. The molecule has 4 rings (SSSR count). The van der Waals surface area contributed by atoms with Gasteiger partial charge in [-0.1, -0.05) is 30.3 Å². The van der Waals surface area contributed by atoms with Crippen molar-refractivity contribution in [2.24, 2.45) is 0 Å². The zero-order valence-electron chi connectivity index (χ0n) is 17.9. The van der Waals surface area contributed by atoms with Crippen LogP contribution < -0.4 is 10.6 Å². The maximum Gasteiger partial charge on any atom is 0.287 e. The first-order chi connectivity index (χ1) is 15.9. The molecule has 0 radical (unpaired) electrons. The number of sulfonamides is 1. The van der Waals surface area contributed by atoms with Crippen LogP contribution in [0.3, 0.4) is 0 Å². The minimum atomic E-state index is -3.53. The molecule has 0 bridgehead atoms. The van der Waals surface area contributed by atoms with E-state index < -0.39 is 27.9 Å². The molecule has 8 nitrogen and oxygen atoms in total. The molecule has 2 amide bonds. The molecule has 0 saturated carbocycles. The van der Waals surface area contributed by atoms with Crippen molar-refractivity contribution in [1.82, 2.24) is 9.62 Å². The van der Waals surface area contributed by atoms with Crippen LogP contribution >= 0.6 is 0 Å². The largest absolute Gasteiger partial charge is 0.459 e. The second kappa shape index (κ2) is 10.0. The third kappa shape index (κ3) is 5.50. The Morgan fingerprint density at radius 3 is 2.27 bits per heavy atom. The Balaban J connectivity index is 1.48. The highest BCUT2D eigenvalue weighted by atomic mass is 32.2. The zero-order chi connectivity index (χ0) is 23.3. The van der Waals surface area contributed by atoms with Crippen molar-refractivity contribution in [3.63, 3.8) is 0 Å². The highest BCUT2D eigenvalue weighted by Crippen LogP contribution is 2.22. The molecule has 0 spiro atoms. The van der Waals surface area contributed by atoms with Gasteiger partial charge in [-0.2, -0.15) is 4.31 Å². The molecule has 1 fully saturated rings. The van der Waals surface area contributed by atoms with E-state index in [0.717, 1.165) is 18.4 Å². The number of rotatable bonds is 8. The van der Waals surface area contributed by atoms with Crippen LogP contribution in [-0.4, -0.2) is 43.7 Å². The van der Waals surface area contributed by atoms with Crippen LogP contribution in [0.4, 0.5) is 5.69 Å². The number of benzene rings is 2. The Morgan fingerprint density at radius 1 is 0.939 bits per heavy atom. The van der Waals surface area contributed by atoms with Gasteiger partial charge in [0.15, 0.2) is 5.76 Å². The van der Waals surface area contributed by atoms with E-state index in [0.29, 0.717) is 18.8 Å². The van der Waals surface area contributed by atoms with Crippen LogP contribution in [-0.2, 0) is 21.2 Å². The van der Waals surface area contributed by atoms with Gasteiger partial charge in [0.1, 0.15) is 6.04 Å². The molecule has 3 aromatic rings. The van der Waals surface area contributed by atoms with Gasteiger partial charge in [0.2, 0.25) is 15.9 Å². The summed E-state index contributed by atoms with van der Waals surface area (Å²) in [5.41, 5.74) is 1.31. The second-order valence-corrected chi connectivity index (χ2v) is 9.76. The molecule has 1 saturated heterocycles. The van der Waals surface area contributed by atoms with Crippen molar-refractivity contribution < 1.29 is 22.4 Å². The summed E-state index contributed by atoms with van der Waals surface area (Å²) in [5.74, 6) is -0.811.